The fraction of sp³-hybridized carbons (Fsp3) is 1.00. The van der Waals surface area contributed by atoms with Crippen molar-refractivity contribution in [1.82, 2.24) is 4.31 Å². The molecule has 0 saturated carbocycles. The molecule has 1 fully saturated rings. The standard InChI is InChI=1S/C5H11NO3S/c1-7-9-10-6-2-4-8-5-3-6/h2-5H2,1H3. The van der Waals surface area contributed by atoms with Crippen molar-refractivity contribution < 1.29 is 14.0 Å². The topological polar surface area (TPSA) is 30.9 Å². The summed E-state index contributed by atoms with van der Waals surface area (Å²) >= 11 is 1.23. The van der Waals surface area contributed by atoms with Crippen LogP contribution in [-0.4, -0.2) is 37.7 Å². The number of hydrogen-bond acceptors (Lipinski definition) is 5. The molecule has 1 saturated heterocycles. The lowest BCUT2D eigenvalue weighted by molar-refractivity contribution is -0.164. The quantitative estimate of drug-likeness (QED) is 0.262. The molecule has 1 aliphatic heterocycles. The molecule has 0 aromatic heterocycles. The van der Waals surface area contributed by atoms with Crippen LogP contribution in [0, 0.1) is 0 Å². The lowest BCUT2D eigenvalue weighted by Gasteiger charge is -2.22. The van der Waals surface area contributed by atoms with E-state index >= 15 is 0 Å². The minimum atomic E-state index is 0.778. The number of rotatable bonds is 3. The molecule has 1 rings (SSSR count). The van der Waals surface area contributed by atoms with Gasteiger partial charge in [-0.2, -0.15) is 0 Å². The Bertz CT molecular complexity index is 87.0. The van der Waals surface area contributed by atoms with Gasteiger partial charge in [0.1, 0.15) is 12.2 Å². The Balaban J connectivity index is 2.02. The maximum absolute atomic E-state index is 5.13. The fourth-order valence-electron chi connectivity index (χ4n) is 0.695. The van der Waals surface area contributed by atoms with Crippen LogP contribution in [0.4, 0.5) is 0 Å². The summed E-state index contributed by atoms with van der Waals surface area (Å²) in [7, 11) is 1.49. The molecule has 1 heterocycles. The van der Waals surface area contributed by atoms with Crippen molar-refractivity contribution in [3.8, 4) is 0 Å². The Morgan fingerprint density at radius 3 is 2.70 bits per heavy atom. The predicted octanol–water partition coefficient (Wildman–Crippen LogP) is 0.460. The van der Waals surface area contributed by atoms with E-state index in [0.29, 0.717) is 0 Å². The second-order valence-corrected chi connectivity index (χ2v) is 2.65. The van der Waals surface area contributed by atoms with Gasteiger partial charge in [0.15, 0.2) is 0 Å². The summed E-state index contributed by atoms with van der Waals surface area (Å²) in [6.07, 6.45) is 0. The van der Waals surface area contributed by atoms with Gasteiger partial charge in [0, 0.05) is 13.1 Å². The summed E-state index contributed by atoms with van der Waals surface area (Å²) in [6, 6.07) is 0. The summed E-state index contributed by atoms with van der Waals surface area (Å²) in [5.74, 6) is 0. The van der Waals surface area contributed by atoms with Gasteiger partial charge in [-0.25, -0.2) is 9.19 Å². The molecule has 0 radical (unpaired) electrons. The molecule has 1 aliphatic rings. The molecule has 0 spiro atoms. The number of hydrogen-bond donors (Lipinski definition) is 0. The molecule has 60 valence electrons. The fourth-order valence-corrected chi connectivity index (χ4v) is 1.14. The smallest absolute Gasteiger partial charge is 0.121 e. The highest BCUT2D eigenvalue weighted by Gasteiger charge is 2.10. The second kappa shape index (κ2) is 4.92. The first-order chi connectivity index (χ1) is 4.93. The summed E-state index contributed by atoms with van der Waals surface area (Å²) in [4.78, 5) is 4.43. The Morgan fingerprint density at radius 2 is 2.10 bits per heavy atom. The van der Waals surface area contributed by atoms with Crippen molar-refractivity contribution in [3.63, 3.8) is 0 Å². The molecule has 4 nitrogen and oxygen atoms in total. The van der Waals surface area contributed by atoms with E-state index in [9.17, 15) is 0 Å². The van der Waals surface area contributed by atoms with Gasteiger partial charge in [-0.15, -0.1) is 4.33 Å². The first-order valence-electron chi connectivity index (χ1n) is 3.13. The molecule has 0 amide bonds. The van der Waals surface area contributed by atoms with Crippen LogP contribution in [0.1, 0.15) is 0 Å². The minimum absolute atomic E-state index is 0.778. The third-order valence-electron chi connectivity index (χ3n) is 1.17. The predicted molar refractivity (Wildman–Crippen MR) is 38.1 cm³/mol. The minimum Gasteiger partial charge on any atom is -0.379 e. The maximum Gasteiger partial charge on any atom is 0.121 e. The highest BCUT2D eigenvalue weighted by Crippen LogP contribution is 2.12. The van der Waals surface area contributed by atoms with Crippen LogP contribution >= 0.6 is 12.2 Å². The van der Waals surface area contributed by atoms with E-state index in [4.69, 9.17) is 4.74 Å². The zero-order valence-corrected chi connectivity index (χ0v) is 6.73. The normalized spacial score (nSPS) is 21.3. The zero-order chi connectivity index (χ0) is 7.23. The third kappa shape index (κ3) is 2.85. The van der Waals surface area contributed by atoms with E-state index in [-0.39, 0.29) is 0 Å². The number of morpholine rings is 1. The molecule has 5 heteroatoms. The lowest BCUT2D eigenvalue weighted by Crippen LogP contribution is -2.31. The van der Waals surface area contributed by atoms with Crippen molar-refractivity contribution in [2.24, 2.45) is 0 Å². The third-order valence-corrected chi connectivity index (χ3v) is 1.95. The van der Waals surface area contributed by atoms with Crippen molar-refractivity contribution in [2.45, 2.75) is 0 Å². The molecule has 0 atom stereocenters. The van der Waals surface area contributed by atoms with Gasteiger partial charge in [0.2, 0.25) is 0 Å². The molecular formula is C5H11NO3S. The van der Waals surface area contributed by atoms with Gasteiger partial charge in [-0.05, 0) is 0 Å². The average Bonchev–Trinajstić information content (AvgIpc) is 2.03. The van der Waals surface area contributed by atoms with Crippen molar-refractivity contribution in [2.75, 3.05) is 33.4 Å². The van der Waals surface area contributed by atoms with Gasteiger partial charge >= 0.3 is 0 Å². The van der Waals surface area contributed by atoms with Crippen molar-refractivity contribution in [3.05, 3.63) is 0 Å². The van der Waals surface area contributed by atoms with Crippen molar-refractivity contribution >= 4 is 12.2 Å². The van der Waals surface area contributed by atoms with E-state index < -0.39 is 0 Å². The molecule has 0 bridgehead atoms. The van der Waals surface area contributed by atoms with Gasteiger partial charge in [0.25, 0.3) is 0 Å². The summed E-state index contributed by atoms with van der Waals surface area (Å²) in [5, 5.41) is 0. The monoisotopic (exact) mass is 165 g/mol. The van der Waals surface area contributed by atoms with E-state index in [0.717, 1.165) is 26.3 Å². The van der Waals surface area contributed by atoms with Gasteiger partial charge in [-0.3, -0.25) is 0 Å². The molecule has 0 aliphatic carbocycles. The van der Waals surface area contributed by atoms with Crippen LogP contribution in [-0.2, 0) is 14.0 Å². The summed E-state index contributed by atoms with van der Waals surface area (Å²) < 4.78 is 11.8. The van der Waals surface area contributed by atoms with Crippen LogP contribution in [0.3, 0.4) is 0 Å². The van der Waals surface area contributed by atoms with Gasteiger partial charge in [-0.1, -0.05) is 0 Å². The highest BCUT2D eigenvalue weighted by atomic mass is 32.2. The largest absolute Gasteiger partial charge is 0.379 e. The van der Waals surface area contributed by atoms with Crippen LogP contribution < -0.4 is 0 Å². The number of nitrogens with zero attached hydrogens (tertiary/aromatic N) is 1. The highest BCUT2D eigenvalue weighted by molar-refractivity contribution is 7.92. The Hall–Kier alpha value is 0.190. The molecular weight excluding hydrogens is 154 g/mol. The molecule has 0 N–H and O–H groups in total. The van der Waals surface area contributed by atoms with Crippen LogP contribution in [0.5, 0.6) is 0 Å². The first kappa shape index (κ1) is 8.29. The molecule has 0 aromatic rings. The first-order valence-corrected chi connectivity index (χ1v) is 3.83. The lowest BCUT2D eigenvalue weighted by atomic mass is 10.5. The van der Waals surface area contributed by atoms with E-state index in [1.807, 2.05) is 4.31 Å². The Labute approximate surface area is 64.7 Å². The van der Waals surface area contributed by atoms with E-state index in [1.165, 1.54) is 19.3 Å². The SMILES string of the molecule is COOSN1CCOCC1. The van der Waals surface area contributed by atoms with Crippen LogP contribution in [0.2, 0.25) is 0 Å². The molecule has 10 heavy (non-hydrogen) atoms. The number of ether oxygens (including phenoxy) is 1. The van der Waals surface area contributed by atoms with Gasteiger partial charge < -0.3 is 4.74 Å². The zero-order valence-electron chi connectivity index (χ0n) is 5.91. The van der Waals surface area contributed by atoms with Crippen LogP contribution in [0.15, 0.2) is 0 Å². The van der Waals surface area contributed by atoms with Gasteiger partial charge in [0.05, 0.1) is 20.3 Å². The maximum atomic E-state index is 5.13. The van der Waals surface area contributed by atoms with Crippen molar-refractivity contribution in [1.29, 1.82) is 0 Å². The van der Waals surface area contributed by atoms with Crippen LogP contribution in [0.25, 0.3) is 0 Å². The van der Waals surface area contributed by atoms with E-state index in [2.05, 4.69) is 9.22 Å². The molecule has 0 aromatic carbocycles. The Morgan fingerprint density at radius 1 is 1.40 bits per heavy atom. The molecule has 0 unspecified atom stereocenters. The average molecular weight is 165 g/mol. The summed E-state index contributed by atoms with van der Waals surface area (Å²) in [5.41, 5.74) is 0. The second-order valence-electron chi connectivity index (χ2n) is 1.85. The summed E-state index contributed by atoms with van der Waals surface area (Å²) in [6.45, 7) is 3.35. The Kier molecular flexibility index (Phi) is 4.08. The van der Waals surface area contributed by atoms with E-state index in [1.54, 1.807) is 0 Å².